The number of aromatic hydroxyl groups is 1. The Morgan fingerprint density at radius 1 is 1.36 bits per heavy atom. The summed E-state index contributed by atoms with van der Waals surface area (Å²) < 4.78 is 20.5. The number of carbonyl (C=O) groups excluding carboxylic acids is 1. The second kappa shape index (κ2) is 8.70. The molecule has 6 nitrogen and oxygen atoms in total. The Balaban J connectivity index is 2.58. The molecule has 0 saturated heterocycles. The van der Waals surface area contributed by atoms with Crippen LogP contribution in [0.1, 0.15) is 48.7 Å². The number of nitrogens with zero attached hydrogens (tertiary/aromatic N) is 2. The summed E-state index contributed by atoms with van der Waals surface area (Å²) >= 11 is 0. The number of para-hydroxylation sites is 1. The van der Waals surface area contributed by atoms with Gasteiger partial charge in [0.2, 0.25) is 11.7 Å². The first-order chi connectivity index (χ1) is 13.2. The van der Waals surface area contributed by atoms with E-state index in [4.69, 9.17) is 4.74 Å². The molecule has 0 saturated carbocycles. The maximum Gasteiger partial charge on any atom is 0.271 e. The molecular formula is C21H23FN2O4. The van der Waals surface area contributed by atoms with Crippen LogP contribution in [0.4, 0.5) is 4.39 Å². The zero-order chi connectivity index (χ0) is 21.0. The van der Waals surface area contributed by atoms with Crippen molar-refractivity contribution in [3.63, 3.8) is 0 Å². The van der Waals surface area contributed by atoms with Gasteiger partial charge in [-0.05, 0) is 37.0 Å². The fourth-order valence-electron chi connectivity index (χ4n) is 2.96. The number of ether oxygens (including phenoxy) is 1. The Kier molecular flexibility index (Phi) is 6.57. The van der Waals surface area contributed by atoms with Gasteiger partial charge >= 0.3 is 0 Å². The maximum absolute atomic E-state index is 13.9. The van der Waals surface area contributed by atoms with Crippen LogP contribution in [-0.2, 0) is 6.54 Å². The molecule has 1 heterocycles. The van der Waals surface area contributed by atoms with Crippen LogP contribution >= 0.6 is 0 Å². The smallest absolute Gasteiger partial charge is 0.271 e. The number of Topliss-reactive ketones (excluding diaryl/α,β-unsaturated/α-hetero) is 1. The van der Waals surface area contributed by atoms with E-state index in [-0.39, 0.29) is 41.3 Å². The molecule has 1 aromatic carbocycles. The Labute approximate surface area is 162 Å². The molecule has 0 spiro atoms. The number of carbonyl (C=O) groups is 1. The Hall–Kier alpha value is -3.14. The van der Waals surface area contributed by atoms with Crippen LogP contribution in [0, 0.1) is 30.0 Å². The summed E-state index contributed by atoms with van der Waals surface area (Å²) in [5.41, 5.74) is -0.918. The summed E-state index contributed by atoms with van der Waals surface area (Å²) in [7, 11) is 0. The van der Waals surface area contributed by atoms with Crippen LogP contribution in [-0.4, -0.2) is 21.6 Å². The second-order valence-corrected chi connectivity index (χ2v) is 6.93. The van der Waals surface area contributed by atoms with E-state index in [2.05, 4.69) is 0 Å². The number of hydrogen-bond donors (Lipinski definition) is 1. The molecule has 1 atom stereocenters. The first-order valence-electron chi connectivity index (χ1n) is 9.04. The number of benzene rings is 1. The molecule has 1 aromatic heterocycles. The molecule has 2 aromatic rings. The quantitative estimate of drug-likeness (QED) is 0.735. The molecule has 1 N–H and O–H groups in total. The number of nitriles is 1. The van der Waals surface area contributed by atoms with Crippen LogP contribution < -0.4 is 10.3 Å². The predicted molar refractivity (Wildman–Crippen MR) is 102 cm³/mol. The summed E-state index contributed by atoms with van der Waals surface area (Å²) in [5, 5.41) is 20.0. The summed E-state index contributed by atoms with van der Waals surface area (Å²) in [5.74, 6) is -1.82. The van der Waals surface area contributed by atoms with E-state index < -0.39 is 29.1 Å². The van der Waals surface area contributed by atoms with E-state index in [0.29, 0.717) is 0 Å². The standard InChI is InChI=1S/C21H23FN2O4/c1-5-16(28-17-9-7-6-8-15(17)22)19(25)18-13(4)14(10-23)20(26)24(21(18)27)11-12(2)3/h6-9,12,16,27H,5,11H2,1-4H3. The summed E-state index contributed by atoms with van der Waals surface area (Å²) in [6, 6.07) is 7.51. The lowest BCUT2D eigenvalue weighted by Crippen LogP contribution is -2.32. The third-order valence-corrected chi connectivity index (χ3v) is 4.36. The zero-order valence-corrected chi connectivity index (χ0v) is 16.3. The minimum absolute atomic E-state index is 0.00237. The predicted octanol–water partition coefficient (Wildman–Crippen LogP) is 3.57. The first-order valence-corrected chi connectivity index (χ1v) is 9.04. The zero-order valence-electron chi connectivity index (χ0n) is 16.3. The molecule has 148 valence electrons. The highest BCUT2D eigenvalue weighted by Crippen LogP contribution is 2.27. The molecular weight excluding hydrogens is 363 g/mol. The van der Waals surface area contributed by atoms with Gasteiger partial charge in [-0.1, -0.05) is 32.9 Å². The summed E-state index contributed by atoms with van der Waals surface area (Å²) in [6.07, 6.45) is -0.880. The van der Waals surface area contributed by atoms with Gasteiger partial charge in [0.25, 0.3) is 5.56 Å². The topological polar surface area (TPSA) is 92.3 Å². The number of rotatable bonds is 7. The van der Waals surface area contributed by atoms with E-state index in [1.807, 2.05) is 19.9 Å². The molecule has 1 unspecified atom stereocenters. The van der Waals surface area contributed by atoms with Crippen molar-refractivity contribution in [3.05, 3.63) is 57.1 Å². The van der Waals surface area contributed by atoms with Crippen molar-refractivity contribution in [2.24, 2.45) is 5.92 Å². The fourth-order valence-corrected chi connectivity index (χ4v) is 2.96. The molecule has 28 heavy (non-hydrogen) atoms. The lowest BCUT2D eigenvalue weighted by atomic mass is 9.97. The Bertz CT molecular complexity index is 989. The third kappa shape index (κ3) is 4.06. The van der Waals surface area contributed by atoms with Crippen molar-refractivity contribution in [1.82, 2.24) is 4.57 Å². The van der Waals surface area contributed by atoms with Crippen molar-refractivity contribution < 1.29 is 19.0 Å². The highest BCUT2D eigenvalue weighted by Gasteiger charge is 2.30. The molecule has 7 heteroatoms. The highest BCUT2D eigenvalue weighted by molar-refractivity contribution is 6.03. The molecule has 0 aliphatic carbocycles. The molecule has 0 fully saturated rings. The van der Waals surface area contributed by atoms with Gasteiger partial charge in [-0.15, -0.1) is 0 Å². The maximum atomic E-state index is 13.9. The van der Waals surface area contributed by atoms with Gasteiger partial charge in [0.15, 0.2) is 17.7 Å². The minimum atomic E-state index is -1.09. The largest absolute Gasteiger partial charge is 0.494 e. The lowest BCUT2D eigenvalue weighted by molar-refractivity contribution is 0.0774. The average molecular weight is 386 g/mol. The van der Waals surface area contributed by atoms with E-state index in [9.17, 15) is 24.3 Å². The molecule has 0 amide bonds. The Morgan fingerprint density at radius 2 is 2.00 bits per heavy atom. The number of aromatic nitrogens is 1. The van der Waals surface area contributed by atoms with Gasteiger partial charge < -0.3 is 9.84 Å². The van der Waals surface area contributed by atoms with Crippen LogP contribution in [0.2, 0.25) is 0 Å². The van der Waals surface area contributed by atoms with Crippen LogP contribution in [0.3, 0.4) is 0 Å². The fraction of sp³-hybridized carbons (Fsp3) is 0.381. The molecule has 0 aliphatic heterocycles. The van der Waals surface area contributed by atoms with Gasteiger partial charge in [0.1, 0.15) is 11.6 Å². The summed E-state index contributed by atoms with van der Waals surface area (Å²) in [6.45, 7) is 6.95. The van der Waals surface area contributed by atoms with Gasteiger partial charge in [-0.25, -0.2) is 4.39 Å². The summed E-state index contributed by atoms with van der Waals surface area (Å²) in [4.78, 5) is 25.6. The van der Waals surface area contributed by atoms with E-state index >= 15 is 0 Å². The van der Waals surface area contributed by atoms with Crippen LogP contribution in [0.15, 0.2) is 29.1 Å². The number of hydrogen-bond acceptors (Lipinski definition) is 5. The van der Waals surface area contributed by atoms with E-state index in [1.54, 1.807) is 13.0 Å². The molecule has 0 radical (unpaired) electrons. The molecule has 2 rings (SSSR count). The van der Waals surface area contributed by atoms with Crippen molar-refractivity contribution in [2.45, 2.75) is 46.8 Å². The van der Waals surface area contributed by atoms with E-state index in [0.717, 1.165) is 4.57 Å². The molecule has 0 bridgehead atoms. The minimum Gasteiger partial charge on any atom is -0.494 e. The average Bonchev–Trinajstić information content (AvgIpc) is 2.64. The van der Waals surface area contributed by atoms with Gasteiger partial charge in [-0.3, -0.25) is 14.2 Å². The lowest BCUT2D eigenvalue weighted by Gasteiger charge is -2.21. The number of ketones is 1. The van der Waals surface area contributed by atoms with Crippen molar-refractivity contribution >= 4 is 5.78 Å². The second-order valence-electron chi connectivity index (χ2n) is 6.93. The SMILES string of the molecule is CCC(Oc1ccccc1F)C(=O)c1c(C)c(C#N)c(=O)n(CC(C)C)c1O. The Morgan fingerprint density at radius 3 is 2.54 bits per heavy atom. The van der Waals surface area contributed by atoms with Gasteiger partial charge in [-0.2, -0.15) is 5.26 Å². The van der Waals surface area contributed by atoms with Crippen LogP contribution in [0.25, 0.3) is 0 Å². The monoisotopic (exact) mass is 386 g/mol. The van der Waals surface area contributed by atoms with Crippen molar-refractivity contribution in [1.29, 1.82) is 5.26 Å². The highest BCUT2D eigenvalue weighted by atomic mass is 19.1. The number of pyridine rings is 1. The first kappa shape index (κ1) is 21.2. The van der Waals surface area contributed by atoms with Crippen molar-refractivity contribution in [3.8, 4) is 17.7 Å². The van der Waals surface area contributed by atoms with Crippen LogP contribution in [0.5, 0.6) is 11.6 Å². The van der Waals surface area contributed by atoms with E-state index in [1.165, 1.54) is 25.1 Å². The van der Waals surface area contributed by atoms with Gasteiger partial charge in [0, 0.05) is 6.54 Å². The molecule has 0 aliphatic rings. The van der Waals surface area contributed by atoms with Gasteiger partial charge in [0.05, 0.1) is 5.56 Å². The normalized spacial score (nSPS) is 11.9. The number of halogens is 1. The van der Waals surface area contributed by atoms with Crippen molar-refractivity contribution in [2.75, 3.05) is 0 Å². The third-order valence-electron chi connectivity index (χ3n) is 4.36.